The molecule has 1 spiro atoms. The second-order valence-electron chi connectivity index (χ2n) is 9.73. The largest absolute Gasteiger partial charge is 0.356 e. The zero-order valence-electron chi connectivity index (χ0n) is 21.1. The summed E-state index contributed by atoms with van der Waals surface area (Å²) in [5, 5.41) is 3.60. The number of amides is 1. The molecule has 1 aromatic heterocycles. The number of unbranched alkanes of at least 4 members (excludes halogenated alkanes) is 1. The maximum Gasteiger partial charge on any atom is 0.256 e. The molecule has 1 aliphatic heterocycles. The van der Waals surface area contributed by atoms with Crippen LogP contribution in [0.15, 0.2) is 62.9 Å². The lowest BCUT2D eigenvalue weighted by Crippen LogP contribution is -2.40. The van der Waals surface area contributed by atoms with Crippen LogP contribution in [0.25, 0.3) is 11.1 Å². The Morgan fingerprint density at radius 3 is 2.54 bits per heavy atom. The topological polar surface area (TPSA) is 87.8 Å². The molecule has 0 radical (unpaired) electrons. The van der Waals surface area contributed by atoms with Gasteiger partial charge in [-0.05, 0) is 48.9 Å². The van der Waals surface area contributed by atoms with Crippen LogP contribution in [0.1, 0.15) is 63.2 Å². The van der Waals surface area contributed by atoms with Crippen molar-refractivity contribution in [2.75, 3.05) is 4.72 Å². The van der Waals surface area contributed by atoms with Gasteiger partial charge in [0.25, 0.3) is 5.91 Å². The van der Waals surface area contributed by atoms with Gasteiger partial charge in [0.05, 0.1) is 11.4 Å². The lowest BCUT2D eigenvalue weighted by molar-refractivity contribution is -0.131. The van der Waals surface area contributed by atoms with Crippen molar-refractivity contribution in [2.24, 2.45) is 4.99 Å². The number of amidine groups is 1. The Balaban J connectivity index is 1.35. The van der Waals surface area contributed by atoms with Crippen LogP contribution in [0.2, 0.25) is 0 Å². The first-order valence-corrected chi connectivity index (χ1v) is 14.0. The zero-order valence-corrected chi connectivity index (χ0v) is 21.9. The van der Waals surface area contributed by atoms with Gasteiger partial charge in [0.2, 0.25) is 11.6 Å². The van der Waals surface area contributed by atoms with Crippen molar-refractivity contribution in [1.82, 2.24) is 10.1 Å². The fraction of sp³-hybridized carbons (Fsp3) is 0.393. The van der Waals surface area contributed by atoms with Crippen LogP contribution in [0, 0.1) is 12.7 Å². The standard InChI is InChI=1S/C28H31FN4O3S/c1-3-4-11-24-30-28(16-7-8-17-28)27(34)33(24)18-20-12-14-21(15-13-20)22-9-5-6-10-23(22)37(35)32-26-25(29)19(2)36-31-26/h5-6,9-10,12-15H,3-4,7-8,11,16-18H2,1-2H3,(H,31,32). The van der Waals surface area contributed by atoms with Gasteiger partial charge in [0.15, 0.2) is 16.7 Å². The van der Waals surface area contributed by atoms with E-state index in [1.807, 2.05) is 41.3 Å². The molecule has 1 atom stereocenters. The van der Waals surface area contributed by atoms with Crippen LogP contribution in [-0.2, 0) is 22.3 Å². The van der Waals surface area contributed by atoms with Gasteiger partial charge in [-0.25, -0.2) is 4.21 Å². The Hall–Kier alpha value is -3.33. The zero-order chi connectivity index (χ0) is 26.0. The van der Waals surface area contributed by atoms with Crippen molar-refractivity contribution in [2.45, 2.75) is 75.8 Å². The molecule has 1 saturated carbocycles. The number of hydrogen-bond donors (Lipinski definition) is 1. The summed E-state index contributed by atoms with van der Waals surface area (Å²) in [4.78, 5) is 20.8. The SMILES string of the molecule is CCCCC1=NC2(CCCC2)C(=O)N1Cc1ccc(-c2ccccc2S(=O)Nc2noc(C)c2F)cc1. The van der Waals surface area contributed by atoms with Crippen molar-refractivity contribution in [1.29, 1.82) is 0 Å². The van der Waals surface area contributed by atoms with Crippen molar-refractivity contribution in [3.8, 4) is 11.1 Å². The number of carbonyl (C=O) groups is 1. The molecule has 0 bridgehead atoms. The molecule has 2 heterocycles. The molecule has 1 amide bonds. The molecule has 9 heteroatoms. The first kappa shape index (κ1) is 25.3. The first-order chi connectivity index (χ1) is 17.9. The van der Waals surface area contributed by atoms with Gasteiger partial charge in [-0.1, -0.05) is 73.8 Å². The molecule has 194 valence electrons. The number of nitrogens with zero attached hydrogens (tertiary/aromatic N) is 3. The Labute approximate surface area is 218 Å². The minimum absolute atomic E-state index is 0.0293. The maximum atomic E-state index is 14.1. The fourth-order valence-electron chi connectivity index (χ4n) is 5.10. The van der Waals surface area contributed by atoms with E-state index in [-0.39, 0.29) is 17.5 Å². The number of carbonyl (C=O) groups excluding carboxylic acids is 1. The Morgan fingerprint density at radius 1 is 1.14 bits per heavy atom. The third kappa shape index (κ3) is 4.97. The number of aromatic nitrogens is 1. The lowest BCUT2D eigenvalue weighted by Gasteiger charge is -2.23. The minimum Gasteiger partial charge on any atom is -0.356 e. The summed E-state index contributed by atoms with van der Waals surface area (Å²) >= 11 is 0. The van der Waals surface area contributed by atoms with Crippen molar-refractivity contribution in [3.63, 3.8) is 0 Å². The predicted octanol–water partition coefficient (Wildman–Crippen LogP) is 6.17. The third-order valence-corrected chi connectivity index (χ3v) is 8.29. The third-order valence-electron chi connectivity index (χ3n) is 7.16. The van der Waals surface area contributed by atoms with Crippen LogP contribution >= 0.6 is 0 Å². The molecule has 2 aliphatic rings. The number of aliphatic imine (C=N–C) groups is 1. The van der Waals surface area contributed by atoms with E-state index in [4.69, 9.17) is 9.52 Å². The van der Waals surface area contributed by atoms with E-state index >= 15 is 0 Å². The second-order valence-corrected chi connectivity index (χ2v) is 10.9. The van der Waals surface area contributed by atoms with Gasteiger partial charge < -0.3 is 4.52 Å². The highest BCUT2D eigenvalue weighted by atomic mass is 32.2. The smallest absolute Gasteiger partial charge is 0.256 e. The number of aryl methyl sites for hydroxylation is 1. The molecular formula is C28H31FN4O3S. The molecule has 0 saturated heterocycles. The van der Waals surface area contributed by atoms with Crippen LogP contribution in [-0.4, -0.2) is 31.5 Å². The molecular weight excluding hydrogens is 491 g/mol. The highest BCUT2D eigenvalue weighted by Gasteiger charge is 2.49. The van der Waals surface area contributed by atoms with Crippen molar-refractivity contribution < 1.29 is 17.9 Å². The monoisotopic (exact) mass is 522 g/mol. The van der Waals surface area contributed by atoms with Crippen molar-refractivity contribution >= 4 is 28.5 Å². The Morgan fingerprint density at radius 2 is 1.86 bits per heavy atom. The fourth-order valence-corrected chi connectivity index (χ4v) is 6.10. The van der Waals surface area contributed by atoms with Gasteiger partial charge in [-0.2, -0.15) is 4.39 Å². The van der Waals surface area contributed by atoms with E-state index in [0.717, 1.165) is 67.5 Å². The van der Waals surface area contributed by atoms with E-state index in [1.54, 1.807) is 12.1 Å². The van der Waals surface area contributed by atoms with Crippen LogP contribution in [0.4, 0.5) is 10.2 Å². The highest BCUT2D eigenvalue weighted by Crippen LogP contribution is 2.40. The molecule has 1 N–H and O–H groups in total. The molecule has 2 aromatic carbocycles. The molecule has 7 nitrogen and oxygen atoms in total. The summed E-state index contributed by atoms with van der Waals surface area (Å²) in [7, 11) is -1.75. The summed E-state index contributed by atoms with van der Waals surface area (Å²) in [6, 6.07) is 15.2. The minimum atomic E-state index is -1.75. The van der Waals surface area contributed by atoms with Gasteiger partial charge in [-0.15, -0.1) is 0 Å². The average molecular weight is 523 g/mol. The number of nitrogens with one attached hydrogen (secondary N) is 1. The van der Waals surface area contributed by atoms with Gasteiger partial charge in [0.1, 0.15) is 11.4 Å². The normalized spacial score (nSPS) is 17.4. The summed E-state index contributed by atoms with van der Waals surface area (Å²) in [5.41, 5.74) is 2.09. The van der Waals surface area contributed by atoms with Crippen LogP contribution in [0.3, 0.4) is 0 Å². The van der Waals surface area contributed by atoms with E-state index in [9.17, 15) is 13.4 Å². The lowest BCUT2D eigenvalue weighted by atomic mass is 9.98. The van der Waals surface area contributed by atoms with E-state index in [2.05, 4.69) is 16.8 Å². The second kappa shape index (κ2) is 10.6. The van der Waals surface area contributed by atoms with E-state index in [1.165, 1.54) is 6.92 Å². The number of rotatable bonds is 9. The number of benzene rings is 2. The Bertz CT molecular complexity index is 1350. The molecule has 3 aromatic rings. The summed E-state index contributed by atoms with van der Waals surface area (Å²) in [5.74, 6) is 0.244. The predicted molar refractivity (Wildman–Crippen MR) is 142 cm³/mol. The molecule has 1 aliphatic carbocycles. The molecule has 37 heavy (non-hydrogen) atoms. The van der Waals surface area contributed by atoms with Gasteiger partial charge >= 0.3 is 0 Å². The average Bonchev–Trinajstić information content (AvgIpc) is 3.59. The van der Waals surface area contributed by atoms with E-state index in [0.29, 0.717) is 11.4 Å². The number of halogens is 1. The molecule has 5 rings (SSSR count). The summed E-state index contributed by atoms with van der Waals surface area (Å²) < 4.78 is 34.6. The summed E-state index contributed by atoms with van der Waals surface area (Å²) in [6.45, 7) is 4.09. The quantitative estimate of drug-likeness (QED) is 0.364. The van der Waals surface area contributed by atoms with Gasteiger partial charge in [0, 0.05) is 6.42 Å². The molecule has 1 unspecified atom stereocenters. The number of anilines is 1. The van der Waals surface area contributed by atoms with Crippen LogP contribution < -0.4 is 4.72 Å². The first-order valence-electron chi connectivity index (χ1n) is 12.8. The number of hydrogen-bond acceptors (Lipinski definition) is 5. The Kier molecular flexibility index (Phi) is 7.24. The molecule has 1 fully saturated rings. The summed E-state index contributed by atoms with van der Waals surface area (Å²) in [6.07, 6.45) is 6.68. The maximum absolute atomic E-state index is 14.1. The van der Waals surface area contributed by atoms with Gasteiger partial charge in [-0.3, -0.25) is 19.4 Å². The van der Waals surface area contributed by atoms with Crippen molar-refractivity contribution in [3.05, 3.63) is 65.7 Å². The highest BCUT2D eigenvalue weighted by molar-refractivity contribution is 7.86. The van der Waals surface area contributed by atoms with Crippen LogP contribution in [0.5, 0.6) is 0 Å². The van der Waals surface area contributed by atoms with E-state index < -0.39 is 22.3 Å².